The fraction of sp³-hybridized carbons (Fsp3) is 0.857. The Morgan fingerprint density at radius 3 is 2.25 bits per heavy atom. The first-order valence-corrected chi connectivity index (χ1v) is 7.04. The molecule has 6 heteroatoms. The summed E-state index contributed by atoms with van der Waals surface area (Å²) in [6.45, 7) is 7.38. The van der Waals surface area contributed by atoms with E-state index in [0.29, 0.717) is 12.5 Å². The van der Waals surface area contributed by atoms with Gasteiger partial charge in [0.15, 0.2) is 0 Å². The van der Waals surface area contributed by atoms with Gasteiger partial charge in [-0.3, -0.25) is 4.79 Å². The lowest BCUT2D eigenvalue weighted by molar-refractivity contribution is -0.138. The molecule has 1 rings (SSSR count). The molecular formula is C14H26N2O4. The lowest BCUT2D eigenvalue weighted by Gasteiger charge is -2.38. The molecule has 1 N–H and O–H groups in total. The molecule has 1 heterocycles. The molecule has 1 aliphatic heterocycles. The first-order valence-electron chi connectivity index (χ1n) is 7.04. The summed E-state index contributed by atoms with van der Waals surface area (Å²) in [6.07, 6.45) is 1.90. The third-order valence-electron chi connectivity index (χ3n) is 3.53. The highest BCUT2D eigenvalue weighted by Crippen LogP contribution is 2.19. The monoisotopic (exact) mass is 286 g/mol. The Balaban J connectivity index is 2.65. The maximum atomic E-state index is 12.5. The maximum Gasteiger partial charge on any atom is 0.323 e. The summed E-state index contributed by atoms with van der Waals surface area (Å²) in [7, 11) is 1.73. The minimum absolute atomic E-state index is 0.230. The Hall–Kier alpha value is -1.30. The summed E-state index contributed by atoms with van der Waals surface area (Å²) in [6, 6.07) is -0.230. The van der Waals surface area contributed by atoms with Crippen molar-refractivity contribution in [1.82, 2.24) is 9.80 Å². The lowest BCUT2D eigenvalue weighted by Crippen LogP contribution is -2.53. The van der Waals surface area contributed by atoms with Crippen LogP contribution in [-0.4, -0.2) is 65.8 Å². The number of aliphatic carboxylic acids is 1. The summed E-state index contributed by atoms with van der Waals surface area (Å²) in [5, 5.41) is 8.97. The van der Waals surface area contributed by atoms with E-state index in [1.54, 1.807) is 11.9 Å². The largest absolute Gasteiger partial charge is 0.480 e. The second kappa shape index (κ2) is 6.92. The fourth-order valence-electron chi connectivity index (χ4n) is 2.33. The molecule has 0 bridgehead atoms. The third-order valence-corrected chi connectivity index (χ3v) is 3.53. The smallest absolute Gasteiger partial charge is 0.323 e. The van der Waals surface area contributed by atoms with E-state index in [9.17, 15) is 9.59 Å². The van der Waals surface area contributed by atoms with Crippen LogP contribution in [0.2, 0.25) is 0 Å². The summed E-state index contributed by atoms with van der Waals surface area (Å²) in [5.74, 6) is -0.558. The lowest BCUT2D eigenvalue weighted by atomic mass is 10.00. The zero-order valence-corrected chi connectivity index (χ0v) is 12.9. The average Bonchev–Trinajstić information content (AvgIpc) is 2.34. The molecule has 0 saturated carbocycles. The van der Waals surface area contributed by atoms with Crippen LogP contribution in [0, 0.1) is 5.92 Å². The van der Waals surface area contributed by atoms with Crippen molar-refractivity contribution in [2.24, 2.45) is 5.92 Å². The van der Waals surface area contributed by atoms with Crippen molar-refractivity contribution in [2.45, 2.75) is 39.2 Å². The average molecular weight is 286 g/mol. The Morgan fingerprint density at radius 2 is 1.80 bits per heavy atom. The van der Waals surface area contributed by atoms with E-state index in [-0.39, 0.29) is 12.6 Å². The van der Waals surface area contributed by atoms with Crippen LogP contribution in [0.3, 0.4) is 0 Å². The molecule has 2 amide bonds. The van der Waals surface area contributed by atoms with Crippen LogP contribution in [0.25, 0.3) is 0 Å². The van der Waals surface area contributed by atoms with E-state index in [2.05, 4.69) is 0 Å². The van der Waals surface area contributed by atoms with Crippen LogP contribution >= 0.6 is 0 Å². The van der Waals surface area contributed by atoms with Gasteiger partial charge in [0.1, 0.15) is 6.54 Å². The number of nitrogens with zero attached hydrogens (tertiary/aromatic N) is 2. The van der Waals surface area contributed by atoms with Crippen LogP contribution in [0.4, 0.5) is 4.79 Å². The normalized spacial score (nSPS) is 16.8. The molecule has 0 aliphatic carbocycles. The molecule has 0 aromatic carbocycles. The van der Waals surface area contributed by atoms with Gasteiger partial charge in [0, 0.05) is 32.3 Å². The van der Waals surface area contributed by atoms with Gasteiger partial charge in [-0.25, -0.2) is 4.79 Å². The van der Waals surface area contributed by atoms with Crippen molar-refractivity contribution in [3.05, 3.63) is 0 Å². The number of hydrogen-bond acceptors (Lipinski definition) is 3. The second-order valence-corrected chi connectivity index (χ2v) is 6.37. The zero-order valence-electron chi connectivity index (χ0n) is 12.9. The fourth-order valence-corrected chi connectivity index (χ4v) is 2.33. The molecule has 0 aromatic heterocycles. The van der Waals surface area contributed by atoms with Crippen LogP contribution in [0.15, 0.2) is 0 Å². The molecule has 116 valence electrons. The number of amides is 2. The van der Waals surface area contributed by atoms with Crippen molar-refractivity contribution in [1.29, 1.82) is 0 Å². The van der Waals surface area contributed by atoms with Gasteiger partial charge >= 0.3 is 12.0 Å². The van der Waals surface area contributed by atoms with E-state index in [4.69, 9.17) is 9.84 Å². The van der Waals surface area contributed by atoms with Crippen LogP contribution < -0.4 is 0 Å². The predicted molar refractivity (Wildman–Crippen MR) is 75.7 cm³/mol. The van der Waals surface area contributed by atoms with Crippen molar-refractivity contribution in [3.63, 3.8) is 0 Å². The van der Waals surface area contributed by atoms with Crippen LogP contribution in [0.1, 0.15) is 33.6 Å². The predicted octanol–water partition coefficient (Wildman–Crippen LogP) is 1.65. The number of hydrogen-bond donors (Lipinski definition) is 1. The molecular weight excluding hydrogens is 260 g/mol. The number of carboxylic acids is 1. The first kappa shape index (κ1) is 16.8. The van der Waals surface area contributed by atoms with E-state index < -0.39 is 11.5 Å². The van der Waals surface area contributed by atoms with Gasteiger partial charge in [-0.15, -0.1) is 0 Å². The summed E-state index contributed by atoms with van der Waals surface area (Å²) in [5.41, 5.74) is -0.514. The quantitative estimate of drug-likeness (QED) is 0.853. The highest BCUT2D eigenvalue weighted by molar-refractivity contribution is 5.80. The minimum Gasteiger partial charge on any atom is -0.480 e. The third kappa shape index (κ3) is 5.00. The molecule has 1 fully saturated rings. The van der Waals surface area contributed by atoms with Crippen molar-refractivity contribution < 1.29 is 19.4 Å². The van der Waals surface area contributed by atoms with Gasteiger partial charge in [-0.05, 0) is 39.5 Å². The van der Waals surface area contributed by atoms with Gasteiger partial charge in [0.05, 0.1) is 0 Å². The SMILES string of the molecule is CN(CC1CCOCC1)C(=O)N(CC(=O)O)C(C)(C)C. The first-order chi connectivity index (χ1) is 9.21. The van der Waals surface area contributed by atoms with Gasteiger partial charge in [-0.1, -0.05) is 0 Å². The molecule has 0 unspecified atom stereocenters. The van der Waals surface area contributed by atoms with Crippen LogP contribution in [-0.2, 0) is 9.53 Å². The molecule has 1 saturated heterocycles. The Morgan fingerprint density at radius 1 is 1.25 bits per heavy atom. The highest BCUT2D eigenvalue weighted by atomic mass is 16.5. The highest BCUT2D eigenvalue weighted by Gasteiger charge is 2.31. The number of ether oxygens (including phenoxy) is 1. The molecule has 0 atom stereocenters. The Bertz CT molecular complexity index is 346. The molecule has 20 heavy (non-hydrogen) atoms. The number of rotatable bonds is 4. The number of carboxylic acid groups (broad SMARTS) is 1. The number of carbonyl (C=O) groups excluding carboxylic acids is 1. The maximum absolute atomic E-state index is 12.5. The standard InChI is InChI=1S/C14H26N2O4/c1-14(2,3)16(10-12(17)18)13(19)15(4)9-11-5-7-20-8-6-11/h11H,5-10H2,1-4H3,(H,17,18). The summed E-state index contributed by atoms with van der Waals surface area (Å²) < 4.78 is 5.30. The Labute approximate surface area is 120 Å². The van der Waals surface area contributed by atoms with Gasteiger partial charge in [0.2, 0.25) is 0 Å². The van der Waals surface area contributed by atoms with Gasteiger partial charge < -0.3 is 19.6 Å². The second-order valence-electron chi connectivity index (χ2n) is 6.37. The van der Waals surface area contributed by atoms with Gasteiger partial charge in [-0.2, -0.15) is 0 Å². The minimum atomic E-state index is -0.993. The van der Waals surface area contributed by atoms with Crippen molar-refractivity contribution >= 4 is 12.0 Å². The molecule has 0 spiro atoms. The number of urea groups is 1. The molecule has 6 nitrogen and oxygen atoms in total. The van der Waals surface area contributed by atoms with Crippen molar-refractivity contribution in [3.8, 4) is 0 Å². The molecule has 0 radical (unpaired) electrons. The summed E-state index contributed by atoms with van der Waals surface area (Å²) >= 11 is 0. The number of carbonyl (C=O) groups is 2. The molecule has 1 aliphatic rings. The van der Waals surface area contributed by atoms with E-state index >= 15 is 0 Å². The topological polar surface area (TPSA) is 70.1 Å². The van der Waals surface area contributed by atoms with E-state index in [0.717, 1.165) is 26.1 Å². The summed E-state index contributed by atoms with van der Waals surface area (Å²) in [4.78, 5) is 26.4. The van der Waals surface area contributed by atoms with Crippen LogP contribution in [0.5, 0.6) is 0 Å². The van der Waals surface area contributed by atoms with Crippen molar-refractivity contribution in [2.75, 3.05) is 33.4 Å². The van der Waals surface area contributed by atoms with E-state index in [1.165, 1.54) is 4.90 Å². The van der Waals surface area contributed by atoms with Gasteiger partial charge in [0.25, 0.3) is 0 Å². The zero-order chi connectivity index (χ0) is 15.3. The molecule has 0 aromatic rings. The van der Waals surface area contributed by atoms with E-state index in [1.807, 2.05) is 20.8 Å². The Kier molecular flexibility index (Phi) is 5.80.